The number of rotatable bonds is 7. The fourth-order valence-electron chi connectivity index (χ4n) is 3.77. The third-order valence-electron chi connectivity index (χ3n) is 5.31. The normalized spacial score (nSPS) is 19.3. The van der Waals surface area contributed by atoms with E-state index in [1.165, 1.54) is 11.1 Å². The molecule has 0 saturated heterocycles. The number of unbranched alkanes of at least 4 members (excludes halogenated alkanes) is 1. The molecule has 0 heterocycles. The first-order chi connectivity index (χ1) is 15.6. The molecular formula is C29H46O3. The third-order valence-corrected chi connectivity index (χ3v) is 5.31. The summed E-state index contributed by atoms with van der Waals surface area (Å²) in [6.07, 6.45) is 7.76. The molecule has 0 aromatic heterocycles. The van der Waals surface area contributed by atoms with E-state index in [0.717, 1.165) is 32.1 Å². The van der Waals surface area contributed by atoms with Gasteiger partial charge in [-0.1, -0.05) is 106 Å². The molecule has 1 unspecified atom stereocenters. The monoisotopic (exact) mass is 442 g/mol. The van der Waals surface area contributed by atoms with E-state index in [1.807, 2.05) is 52.0 Å². The van der Waals surface area contributed by atoms with Gasteiger partial charge in [0.2, 0.25) is 0 Å². The van der Waals surface area contributed by atoms with Gasteiger partial charge in [-0.3, -0.25) is 0 Å². The third kappa shape index (κ3) is 13.5. The summed E-state index contributed by atoms with van der Waals surface area (Å²) in [6, 6.07) is 20.7. The number of hydrogen-bond donors (Lipinski definition) is 3. The summed E-state index contributed by atoms with van der Waals surface area (Å²) >= 11 is 0. The van der Waals surface area contributed by atoms with Gasteiger partial charge in [-0.25, -0.2) is 0 Å². The maximum absolute atomic E-state index is 9.99. The average Bonchev–Trinajstić information content (AvgIpc) is 3.16. The molecule has 2 aromatic carbocycles. The van der Waals surface area contributed by atoms with Crippen molar-refractivity contribution >= 4 is 0 Å². The summed E-state index contributed by atoms with van der Waals surface area (Å²) < 4.78 is 0. The van der Waals surface area contributed by atoms with Crippen LogP contribution in [0.15, 0.2) is 72.8 Å². The van der Waals surface area contributed by atoms with Crippen molar-refractivity contribution in [1.29, 1.82) is 0 Å². The number of aliphatic hydroxyl groups is 3. The molecule has 32 heavy (non-hydrogen) atoms. The Kier molecular flexibility index (Phi) is 18.5. The lowest BCUT2D eigenvalue weighted by molar-refractivity contribution is -0.0592. The average molecular weight is 443 g/mol. The Balaban J connectivity index is 0.000000727. The maximum atomic E-state index is 9.99. The first kappa shape index (κ1) is 30.1. The Labute approximate surface area is 196 Å². The van der Waals surface area contributed by atoms with E-state index in [1.54, 1.807) is 0 Å². The minimum atomic E-state index is -1.27. The van der Waals surface area contributed by atoms with Gasteiger partial charge >= 0.3 is 0 Å². The lowest BCUT2D eigenvalue weighted by Gasteiger charge is -2.19. The largest absolute Gasteiger partial charge is 0.393 e. The smallest absolute Gasteiger partial charge is 0.151 e. The fraction of sp³-hybridized carbons (Fsp3) is 0.517. The van der Waals surface area contributed by atoms with Crippen LogP contribution in [0.5, 0.6) is 0 Å². The molecule has 0 amide bonds. The molecule has 0 spiro atoms. The minimum Gasteiger partial charge on any atom is -0.393 e. The molecule has 0 bridgehead atoms. The Morgan fingerprint density at radius 2 is 1.44 bits per heavy atom. The first-order valence-electron chi connectivity index (χ1n) is 12.3. The van der Waals surface area contributed by atoms with Gasteiger partial charge < -0.3 is 15.3 Å². The van der Waals surface area contributed by atoms with Crippen molar-refractivity contribution in [2.45, 2.75) is 85.5 Å². The Bertz CT molecular complexity index is 667. The summed E-state index contributed by atoms with van der Waals surface area (Å²) in [5.74, 6) is 0.258. The minimum absolute atomic E-state index is 0.0727. The van der Waals surface area contributed by atoms with Crippen molar-refractivity contribution in [2.75, 3.05) is 0 Å². The summed E-state index contributed by atoms with van der Waals surface area (Å²) in [7, 11) is 0. The predicted octanol–water partition coefficient (Wildman–Crippen LogP) is 6.70. The molecule has 1 fully saturated rings. The van der Waals surface area contributed by atoms with Gasteiger partial charge in [0.05, 0.1) is 6.10 Å². The second-order valence-electron chi connectivity index (χ2n) is 7.66. The van der Waals surface area contributed by atoms with Gasteiger partial charge in [0.1, 0.15) is 0 Å². The van der Waals surface area contributed by atoms with Crippen LogP contribution in [0.2, 0.25) is 0 Å². The van der Waals surface area contributed by atoms with Gasteiger partial charge in [-0.05, 0) is 50.5 Å². The second-order valence-corrected chi connectivity index (χ2v) is 7.66. The molecule has 3 heteroatoms. The SMILES string of the molecule is CC.CC.Cc1ccccc1.OC(O)C[C@H]1CC[C@@H](O)C1/C=C/CCCc1ccccc1. The van der Waals surface area contributed by atoms with E-state index in [0.29, 0.717) is 6.42 Å². The van der Waals surface area contributed by atoms with Crippen molar-refractivity contribution in [1.82, 2.24) is 0 Å². The second kappa shape index (κ2) is 19.7. The van der Waals surface area contributed by atoms with E-state index in [2.05, 4.69) is 55.5 Å². The van der Waals surface area contributed by atoms with Crippen LogP contribution in [0.4, 0.5) is 0 Å². The van der Waals surface area contributed by atoms with Gasteiger partial charge in [-0.15, -0.1) is 0 Å². The Morgan fingerprint density at radius 1 is 0.875 bits per heavy atom. The van der Waals surface area contributed by atoms with E-state index < -0.39 is 6.29 Å². The highest BCUT2D eigenvalue weighted by atomic mass is 16.5. The molecule has 0 radical (unpaired) electrons. The first-order valence-corrected chi connectivity index (χ1v) is 12.3. The molecule has 1 aliphatic carbocycles. The molecule has 3 atom stereocenters. The molecule has 180 valence electrons. The zero-order chi connectivity index (χ0) is 24.2. The molecule has 1 aliphatic rings. The van der Waals surface area contributed by atoms with Crippen LogP contribution in [0.3, 0.4) is 0 Å². The summed E-state index contributed by atoms with van der Waals surface area (Å²) in [5, 5.41) is 28.2. The van der Waals surface area contributed by atoms with Crippen LogP contribution in [-0.2, 0) is 6.42 Å². The summed E-state index contributed by atoms with van der Waals surface area (Å²) in [4.78, 5) is 0. The predicted molar refractivity (Wildman–Crippen MR) is 137 cm³/mol. The van der Waals surface area contributed by atoms with Crippen LogP contribution in [0.1, 0.15) is 70.9 Å². The van der Waals surface area contributed by atoms with Crippen LogP contribution in [0, 0.1) is 18.8 Å². The zero-order valence-corrected chi connectivity index (χ0v) is 20.8. The van der Waals surface area contributed by atoms with Gasteiger partial charge in [-0.2, -0.15) is 0 Å². The molecule has 3 nitrogen and oxygen atoms in total. The van der Waals surface area contributed by atoms with Gasteiger partial charge in [0.15, 0.2) is 6.29 Å². The van der Waals surface area contributed by atoms with Crippen molar-refractivity contribution < 1.29 is 15.3 Å². The highest BCUT2D eigenvalue weighted by molar-refractivity contribution is 5.14. The van der Waals surface area contributed by atoms with E-state index >= 15 is 0 Å². The van der Waals surface area contributed by atoms with Crippen molar-refractivity contribution in [3.8, 4) is 0 Å². The number of hydrogen-bond acceptors (Lipinski definition) is 3. The van der Waals surface area contributed by atoms with Crippen molar-refractivity contribution in [2.24, 2.45) is 11.8 Å². The van der Waals surface area contributed by atoms with Crippen molar-refractivity contribution in [3.05, 3.63) is 83.9 Å². The van der Waals surface area contributed by atoms with Gasteiger partial charge in [0.25, 0.3) is 0 Å². The number of allylic oxidation sites excluding steroid dienone is 1. The van der Waals surface area contributed by atoms with Gasteiger partial charge in [0, 0.05) is 12.3 Å². The number of aliphatic hydroxyl groups excluding tert-OH is 2. The molecule has 3 rings (SSSR count). The van der Waals surface area contributed by atoms with Crippen LogP contribution in [0.25, 0.3) is 0 Å². The maximum Gasteiger partial charge on any atom is 0.151 e. The molecular weight excluding hydrogens is 396 g/mol. The summed E-state index contributed by atoms with van der Waals surface area (Å²) in [6.45, 7) is 10.1. The Morgan fingerprint density at radius 3 is 1.94 bits per heavy atom. The standard InChI is InChI=1S/C18H26O3.C7H8.2C2H6/c19-17-12-11-15(13-18(20)21)16(17)10-6-2-5-9-14-7-3-1-4-8-14;1-7-5-3-2-4-6-7;2*1-2/h1,3-4,6-8,10,15-21H,2,5,9,11-13H2;2-6H,1H3;2*1-2H3/b10-6+;;;/t15-,16?,17-;;;/m1.../s1. The summed E-state index contributed by atoms with van der Waals surface area (Å²) in [5.41, 5.74) is 2.68. The van der Waals surface area contributed by atoms with Crippen LogP contribution in [-0.4, -0.2) is 27.7 Å². The lowest BCUT2D eigenvalue weighted by atomic mass is 9.91. The Hall–Kier alpha value is -1.94. The number of aryl methyl sites for hydroxylation is 2. The zero-order valence-electron chi connectivity index (χ0n) is 20.8. The molecule has 0 aliphatic heterocycles. The lowest BCUT2D eigenvalue weighted by Crippen LogP contribution is -2.20. The molecule has 2 aromatic rings. The van der Waals surface area contributed by atoms with E-state index in [9.17, 15) is 5.11 Å². The van der Waals surface area contributed by atoms with Crippen LogP contribution < -0.4 is 0 Å². The van der Waals surface area contributed by atoms with Crippen LogP contribution >= 0.6 is 0 Å². The van der Waals surface area contributed by atoms with E-state index in [4.69, 9.17) is 10.2 Å². The fourth-order valence-corrected chi connectivity index (χ4v) is 3.77. The highest BCUT2D eigenvalue weighted by Gasteiger charge is 2.33. The number of benzene rings is 2. The molecule has 3 N–H and O–H groups in total. The highest BCUT2D eigenvalue weighted by Crippen LogP contribution is 2.36. The van der Waals surface area contributed by atoms with E-state index in [-0.39, 0.29) is 17.9 Å². The topological polar surface area (TPSA) is 60.7 Å². The quantitative estimate of drug-likeness (QED) is 0.254. The molecule has 1 saturated carbocycles. The van der Waals surface area contributed by atoms with Crippen molar-refractivity contribution in [3.63, 3.8) is 0 Å².